The van der Waals surface area contributed by atoms with Crippen molar-refractivity contribution in [3.05, 3.63) is 144 Å². The van der Waals surface area contributed by atoms with Crippen molar-refractivity contribution in [1.82, 2.24) is 0 Å². The minimum Gasteiger partial charge on any atom is -0.481 e. The zero-order valence-corrected chi connectivity index (χ0v) is 37.8. The molecule has 0 bridgehead atoms. The molecular weight excluding hydrogens is 797 g/mol. The number of aliphatic hydroxyl groups is 6. The maximum Gasteiger partial charge on any atom is 0.303 e. The van der Waals surface area contributed by atoms with Crippen LogP contribution in [0.4, 0.5) is 0 Å². The van der Waals surface area contributed by atoms with Crippen LogP contribution < -0.4 is 0 Å². The molecule has 364 valence electrons. The lowest BCUT2D eigenvalue weighted by Crippen LogP contribution is -2.26. The molecule has 10 heteroatoms. The second-order valence-corrected chi connectivity index (χ2v) is 13.9. The van der Waals surface area contributed by atoms with E-state index in [0.29, 0.717) is 24.2 Å². The number of aliphatic carboxylic acids is 2. The van der Waals surface area contributed by atoms with Crippen molar-refractivity contribution < 1.29 is 50.4 Å². The summed E-state index contributed by atoms with van der Waals surface area (Å²) < 4.78 is 0. The van der Waals surface area contributed by atoms with Crippen molar-refractivity contribution in [2.45, 2.75) is 166 Å². The normalized spacial score (nSPS) is 9.24. The number of aliphatic hydroxyl groups excluding tert-OH is 2. The first-order chi connectivity index (χ1) is 28.4. The largest absolute Gasteiger partial charge is 0.481 e. The van der Waals surface area contributed by atoms with Gasteiger partial charge in [0.25, 0.3) is 5.97 Å². The Morgan fingerprint density at radius 1 is 0.492 bits per heavy atom. The maximum absolute atomic E-state index is 10.0. The molecule has 4 aromatic rings. The van der Waals surface area contributed by atoms with Gasteiger partial charge in [-0.25, -0.2) is 0 Å². The Hall–Kier alpha value is -4.42. The fourth-order valence-corrected chi connectivity index (χ4v) is 4.35. The quantitative estimate of drug-likeness (QED) is 0.0446. The molecule has 0 unspecified atom stereocenters. The van der Waals surface area contributed by atoms with Gasteiger partial charge in [0, 0.05) is 37.7 Å². The van der Waals surface area contributed by atoms with Crippen molar-refractivity contribution in [2.75, 3.05) is 13.2 Å². The predicted molar refractivity (Wildman–Crippen MR) is 267 cm³/mol. The number of rotatable bonds is 14. The van der Waals surface area contributed by atoms with Crippen molar-refractivity contribution in [3.63, 3.8) is 0 Å². The van der Waals surface area contributed by atoms with E-state index < -0.39 is 23.5 Å². The van der Waals surface area contributed by atoms with Crippen LogP contribution in [-0.4, -0.2) is 71.8 Å². The summed E-state index contributed by atoms with van der Waals surface area (Å²) in [6.07, 6.45) is 13.1. The average Bonchev–Trinajstić information content (AvgIpc) is 3.20. The smallest absolute Gasteiger partial charge is 0.303 e. The highest BCUT2D eigenvalue weighted by molar-refractivity contribution is 5.66. The minimum atomic E-state index is -1.91. The Balaban J connectivity index is -0.000000120. The van der Waals surface area contributed by atoms with E-state index in [0.717, 1.165) is 39.0 Å². The highest BCUT2D eigenvalue weighted by Crippen LogP contribution is 2.25. The van der Waals surface area contributed by atoms with Crippen LogP contribution in [0, 0.1) is 0 Å². The molecule has 4 aromatic carbocycles. The van der Waals surface area contributed by atoms with E-state index in [1.807, 2.05) is 12.1 Å². The summed E-state index contributed by atoms with van der Waals surface area (Å²) in [7, 11) is 0. The minimum absolute atomic E-state index is 0. The zero-order chi connectivity index (χ0) is 46.5. The van der Waals surface area contributed by atoms with Gasteiger partial charge < -0.3 is 40.9 Å². The van der Waals surface area contributed by atoms with Gasteiger partial charge in [-0.3, -0.25) is 9.59 Å². The van der Waals surface area contributed by atoms with E-state index >= 15 is 0 Å². The Labute approximate surface area is 384 Å². The first-order valence-electron chi connectivity index (χ1n) is 21.1. The summed E-state index contributed by atoms with van der Waals surface area (Å²) >= 11 is 0. The molecular formula is C53H92O10. The topological polar surface area (TPSA) is 196 Å². The van der Waals surface area contributed by atoms with Gasteiger partial charge in [0.15, 0.2) is 5.79 Å². The van der Waals surface area contributed by atoms with Crippen LogP contribution in [0.25, 0.3) is 0 Å². The standard InChI is InChI=1S/C13H12O2.C13H12.C8H18O.C6H12O2.C3H8O2.C3H8.C2H4O2.C2H6O.3CH4/c14-13(15,11-7-3-1-4-8-11)12-9-5-2-6-10-12;1-3-7-12(8-4-1)11-13-9-5-2-6-10-13;1-2-3-4-5-6-7-8-9;1-2-3-4-5-6(7)8;1-3(2,4)5;1-3-2;1-2(3)4;1-2-3;;;/h1-10,14-15H;1-10H,11H2;9H,2-8H2,1H3;2-5H2,1H3,(H,7,8);4-5H,1-2H3;3H2,1-2H3;1H3,(H,3,4);3H,2H2,1H3;3*1H4. The number of hydrogen-bond acceptors (Lipinski definition) is 8. The van der Waals surface area contributed by atoms with Gasteiger partial charge in [-0.15, -0.1) is 0 Å². The SMILES string of the molecule is C.C.C.CC(=O)O.CC(C)(O)O.CCC.CCCCCC(=O)O.CCCCCCCCO.CCO.OC(O)(c1ccccc1)c1ccccc1.c1ccc(Cc2ccccc2)cc1. The molecule has 0 aliphatic heterocycles. The van der Waals surface area contributed by atoms with Crippen LogP contribution in [0.2, 0.25) is 0 Å². The molecule has 0 atom stereocenters. The number of carboxylic acids is 2. The van der Waals surface area contributed by atoms with Gasteiger partial charge in [0.1, 0.15) is 0 Å². The van der Waals surface area contributed by atoms with E-state index in [9.17, 15) is 15.0 Å². The fourth-order valence-electron chi connectivity index (χ4n) is 4.35. The van der Waals surface area contributed by atoms with E-state index in [4.69, 9.17) is 35.4 Å². The third kappa shape index (κ3) is 59.7. The molecule has 0 aromatic heterocycles. The number of benzene rings is 4. The first kappa shape index (κ1) is 73.0. The molecule has 0 spiro atoms. The Morgan fingerprint density at radius 3 is 1.02 bits per heavy atom. The molecule has 0 fully saturated rings. The zero-order valence-electron chi connectivity index (χ0n) is 37.8. The highest BCUT2D eigenvalue weighted by Gasteiger charge is 2.27. The summed E-state index contributed by atoms with van der Waals surface area (Å²) in [4.78, 5) is 18.9. The van der Waals surface area contributed by atoms with Crippen LogP contribution in [0.1, 0.15) is 171 Å². The monoisotopic (exact) mass is 889 g/mol. The molecule has 0 heterocycles. The van der Waals surface area contributed by atoms with Gasteiger partial charge in [-0.05, 0) is 51.2 Å². The third-order valence-electron chi connectivity index (χ3n) is 6.95. The van der Waals surface area contributed by atoms with E-state index in [-0.39, 0.29) is 28.9 Å². The maximum atomic E-state index is 10.0. The van der Waals surface area contributed by atoms with Crippen molar-refractivity contribution >= 4 is 11.9 Å². The lowest BCUT2D eigenvalue weighted by atomic mass is 9.98. The molecule has 10 nitrogen and oxygen atoms in total. The van der Waals surface area contributed by atoms with Crippen molar-refractivity contribution in [1.29, 1.82) is 0 Å². The van der Waals surface area contributed by atoms with Crippen molar-refractivity contribution in [3.8, 4) is 0 Å². The summed E-state index contributed by atoms with van der Waals surface area (Å²) in [5.41, 5.74) is 3.68. The van der Waals surface area contributed by atoms with Crippen LogP contribution in [0.3, 0.4) is 0 Å². The number of carbonyl (C=O) groups is 2. The molecule has 0 aliphatic rings. The lowest BCUT2D eigenvalue weighted by molar-refractivity contribution is -0.137. The molecule has 0 amide bonds. The molecule has 0 aliphatic carbocycles. The molecule has 0 radical (unpaired) electrons. The molecule has 8 N–H and O–H groups in total. The fraction of sp³-hybridized carbons (Fsp3) is 0.509. The second-order valence-electron chi connectivity index (χ2n) is 13.9. The van der Waals surface area contributed by atoms with E-state index in [1.165, 1.54) is 63.5 Å². The van der Waals surface area contributed by atoms with Crippen LogP contribution in [-0.2, 0) is 21.8 Å². The summed E-state index contributed by atoms with van der Waals surface area (Å²) in [5, 5.41) is 67.7. The van der Waals surface area contributed by atoms with Crippen molar-refractivity contribution in [2.24, 2.45) is 0 Å². The number of carboxylic acid groups (broad SMARTS) is 2. The molecule has 63 heavy (non-hydrogen) atoms. The van der Waals surface area contributed by atoms with E-state index in [1.54, 1.807) is 55.5 Å². The summed E-state index contributed by atoms with van der Waals surface area (Å²) in [5.74, 6) is -4.93. The van der Waals surface area contributed by atoms with Gasteiger partial charge in [-0.2, -0.15) is 0 Å². The van der Waals surface area contributed by atoms with Gasteiger partial charge >= 0.3 is 5.97 Å². The van der Waals surface area contributed by atoms with Crippen LogP contribution in [0.5, 0.6) is 0 Å². The van der Waals surface area contributed by atoms with Gasteiger partial charge in [-0.1, -0.05) is 223 Å². The Morgan fingerprint density at radius 2 is 0.746 bits per heavy atom. The summed E-state index contributed by atoms with van der Waals surface area (Å²) in [6.45, 7) is 14.5. The number of hydrogen-bond donors (Lipinski definition) is 8. The second kappa shape index (κ2) is 51.9. The Bertz CT molecular complexity index is 1350. The predicted octanol–water partition coefficient (Wildman–Crippen LogP) is 12.3. The van der Waals surface area contributed by atoms with Crippen LogP contribution >= 0.6 is 0 Å². The van der Waals surface area contributed by atoms with Gasteiger partial charge in [0.05, 0.1) is 0 Å². The summed E-state index contributed by atoms with van der Waals surface area (Å²) in [6, 6.07) is 38.6. The molecule has 0 saturated carbocycles. The van der Waals surface area contributed by atoms with E-state index in [2.05, 4.69) is 88.4 Å². The highest BCUT2D eigenvalue weighted by atomic mass is 16.5. The lowest BCUT2D eigenvalue weighted by Gasteiger charge is -2.22. The average molecular weight is 889 g/mol. The first-order valence-corrected chi connectivity index (χ1v) is 21.1. The number of unbranched alkanes of at least 4 members (excludes halogenated alkanes) is 7. The molecule has 0 saturated heterocycles. The Kier molecular flexibility index (Phi) is 60.2. The third-order valence-corrected chi connectivity index (χ3v) is 6.95. The molecule has 4 rings (SSSR count). The van der Waals surface area contributed by atoms with Gasteiger partial charge in [0.2, 0.25) is 5.79 Å². The van der Waals surface area contributed by atoms with Crippen LogP contribution in [0.15, 0.2) is 121 Å².